The molecule has 1 heterocycles. The van der Waals surface area contributed by atoms with Crippen LogP contribution in [0.2, 0.25) is 0 Å². The normalized spacial score (nSPS) is 24.4. The highest BCUT2D eigenvalue weighted by atomic mass is 32.2. The van der Waals surface area contributed by atoms with E-state index in [2.05, 4.69) is 19.2 Å². The summed E-state index contributed by atoms with van der Waals surface area (Å²) in [5.41, 5.74) is -0.526. The standard InChI is InChI=1S/C16H22FNO2S/c1-4-20-14(19)16(9-15(2,3)10-21-11-16)18-13-8-6-5-7-12(13)17/h5-8,18H,4,9-11H2,1-3H3. The van der Waals surface area contributed by atoms with E-state index in [-0.39, 0.29) is 17.2 Å². The van der Waals surface area contributed by atoms with E-state index >= 15 is 0 Å². The molecule has 0 radical (unpaired) electrons. The van der Waals surface area contributed by atoms with Crippen LogP contribution in [-0.2, 0) is 9.53 Å². The summed E-state index contributed by atoms with van der Waals surface area (Å²) in [6.45, 7) is 6.35. The van der Waals surface area contributed by atoms with Crippen molar-refractivity contribution in [2.75, 3.05) is 23.4 Å². The van der Waals surface area contributed by atoms with E-state index in [1.54, 1.807) is 36.9 Å². The average Bonchev–Trinajstić information content (AvgIpc) is 2.40. The third-order valence-corrected chi connectivity index (χ3v) is 5.22. The van der Waals surface area contributed by atoms with Gasteiger partial charge in [-0.15, -0.1) is 0 Å². The van der Waals surface area contributed by atoms with Gasteiger partial charge in [-0.05, 0) is 36.6 Å². The van der Waals surface area contributed by atoms with Gasteiger partial charge in [-0.25, -0.2) is 9.18 Å². The zero-order valence-corrected chi connectivity index (χ0v) is 13.6. The Balaban J connectivity index is 2.32. The Morgan fingerprint density at radius 3 is 2.71 bits per heavy atom. The fourth-order valence-electron chi connectivity index (χ4n) is 2.77. The molecule has 0 amide bonds. The van der Waals surface area contributed by atoms with Gasteiger partial charge < -0.3 is 10.1 Å². The number of thioether (sulfide) groups is 1. The lowest BCUT2D eigenvalue weighted by Gasteiger charge is -2.43. The largest absolute Gasteiger partial charge is 0.464 e. The van der Waals surface area contributed by atoms with E-state index in [0.717, 1.165) is 5.75 Å². The van der Waals surface area contributed by atoms with E-state index in [0.29, 0.717) is 24.5 Å². The minimum atomic E-state index is -0.870. The number of halogens is 1. The number of esters is 1. The molecule has 0 aliphatic carbocycles. The molecule has 3 nitrogen and oxygen atoms in total. The fourth-order valence-corrected chi connectivity index (χ4v) is 4.17. The van der Waals surface area contributed by atoms with E-state index in [9.17, 15) is 9.18 Å². The smallest absolute Gasteiger partial charge is 0.332 e. The molecule has 1 fully saturated rings. The molecule has 21 heavy (non-hydrogen) atoms. The third kappa shape index (κ3) is 3.70. The number of ether oxygens (including phenoxy) is 1. The summed E-state index contributed by atoms with van der Waals surface area (Å²) in [6.07, 6.45) is 0.625. The molecule has 2 rings (SSSR count). The fraction of sp³-hybridized carbons (Fsp3) is 0.562. The molecule has 0 spiro atoms. The predicted octanol–water partition coefficient (Wildman–Crippen LogP) is 3.70. The quantitative estimate of drug-likeness (QED) is 0.861. The van der Waals surface area contributed by atoms with Gasteiger partial charge in [-0.3, -0.25) is 0 Å². The van der Waals surface area contributed by atoms with Gasteiger partial charge in [-0.1, -0.05) is 26.0 Å². The molecule has 1 atom stereocenters. The number of para-hydroxylation sites is 1. The van der Waals surface area contributed by atoms with Gasteiger partial charge in [0, 0.05) is 5.75 Å². The lowest BCUT2D eigenvalue weighted by atomic mass is 9.79. The number of hydrogen-bond acceptors (Lipinski definition) is 4. The summed E-state index contributed by atoms with van der Waals surface area (Å²) in [4.78, 5) is 12.5. The Morgan fingerprint density at radius 1 is 1.38 bits per heavy atom. The molecular formula is C16H22FNO2S. The maximum Gasteiger partial charge on any atom is 0.332 e. The molecule has 5 heteroatoms. The van der Waals surface area contributed by atoms with Crippen LogP contribution in [0.5, 0.6) is 0 Å². The molecule has 1 aliphatic heterocycles. The van der Waals surface area contributed by atoms with Gasteiger partial charge in [0.05, 0.1) is 12.3 Å². The van der Waals surface area contributed by atoms with Crippen molar-refractivity contribution in [1.29, 1.82) is 0 Å². The van der Waals surface area contributed by atoms with Crippen LogP contribution in [0.25, 0.3) is 0 Å². The molecule has 0 saturated carbocycles. The Bertz CT molecular complexity index is 521. The Morgan fingerprint density at radius 2 is 2.10 bits per heavy atom. The molecular weight excluding hydrogens is 289 g/mol. The van der Waals surface area contributed by atoms with Crippen molar-refractivity contribution in [1.82, 2.24) is 0 Å². The SMILES string of the molecule is CCOC(=O)C1(Nc2ccccc2F)CSCC(C)(C)C1. The van der Waals surface area contributed by atoms with E-state index < -0.39 is 5.54 Å². The van der Waals surface area contributed by atoms with Crippen molar-refractivity contribution in [3.63, 3.8) is 0 Å². The minimum absolute atomic E-state index is 0.00602. The number of hydrogen-bond donors (Lipinski definition) is 1. The summed E-state index contributed by atoms with van der Waals surface area (Å²) in [7, 11) is 0. The van der Waals surface area contributed by atoms with Gasteiger partial charge in [-0.2, -0.15) is 11.8 Å². The second-order valence-electron chi connectivity index (χ2n) is 6.24. The molecule has 1 saturated heterocycles. The van der Waals surface area contributed by atoms with Gasteiger partial charge in [0.15, 0.2) is 0 Å². The highest BCUT2D eigenvalue weighted by molar-refractivity contribution is 7.99. The Hall–Kier alpha value is -1.23. The second kappa shape index (κ2) is 6.26. The van der Waals surface area contributed by atoms with Crippen molar-refractivity contribution in [3.8, 4) is 0 Å². The zero-order valence-electron chi connectivity index (χ0n) is 12.7. The highest BCUT2D eigenvalue weighted by Gasteiger charge is 2.47. The summed E-state index contributed by atoms with van der Waals surface area (Å²) in [5.74, 6) is 0.916. The first-order valence-electron chi connectivity index (χ1n) is 7.16. The number of rotatable bonds is 4. The van der Waals surface area contributed by atoms with E-state index in [1.807, 2.05) is 0 Å². The molecule has 1 aliphatic rings. The van der Waals surface area contributed by atoms with E-state index in [1.165, 1.54) is 6.07 Å². The number of anilines is 1. The van der Waals surface area contributed by atoms with Crippen LogP contribution in [0.4, 0.5) is 10.1 Å². The van der Waals surface area contributed by atoms with Gasteiger partial charge in [0.25, 0.3) is 0 Å². The molecule has 0 bridgehead atoms. The van der Waals surface area contributed by atoms with Gasteiger partial charge in [0.1, 0.15) is 11.4 Å². The Kier molecular flexibility index (Phi) is 4.81. The first-order chi connectivity index (χ1) is 9.88. The monoisotopic (exact) mass is 311 g/mol. The minimum Gasteiger partial charge on any atom is -0.464 e. The molecule has 1 unspecified atom stereocenters. The predicted molar refractivity (Wildman–Crippen MR) is 85.1 cm³/mol. The van der Waals surface area contributed by atoms with Crippen molar-refractivity contribution >= 4 is 23.4 Å². The van der Waals surface area contributed by atoms with Crippen molar-refractivity contribution in [3.05, 3.63) is 30.1 Å². The maximum absolute atomic E-state index is 13.9. The van der Waals surface area contributed by atoms with Crippen LogP contribution in [-0.4, -0.2) is 29.6 Å². The average molecular weight is 311 g/mol. The summed E-state index contributed by atoms with van der Waals surface area (Å²) >= 11 is 1.70. The van der Waals surface area contributed by atoms with Crippen molar-refractivity contribution in [2.45, 2.75) is 32.7 Å². The maximum atomic E-state index is 13.9. The van der Waals surface area contributed by atoms with Crippen LogP contribution in [0.3, 0.4) is 0 Å². The summed E-state index contributed by atoms with van der Waals surface area (Å²) in [5, 5.41) is 3.13. The number of nitrogens with one attached hydrogen (secondary N) is 1. The number of carbonyl (C=O) groups excluding carboxylic acids is 1. The van der Waals surface area contributed by atoms with E-state index in [4.69, 9.17) is 4.74 Å². The molecule has 1 N–H and O–H groups in total. The van der Waals surface area contributed by atoms with Crippen molar-refractivity contribution < 1.29 is 13.9 Å². The third-order valence-electron chi connectivity index (χ3n) is 3.54. The van der Waals surface area contributed by atoms with Crippen LogP contribution in [0.15, 0.2) is 24.3 Å². The number of benzene rings is 1. The first-order valence-corrected chi connectivity index (χ1v) is 8.32. The summed E-state index contributed by atoms with van der Waals surface area (Å²) in [6, 6.07) is 6.44. The van der Waals surface area contributed by atoms with Crippen LogP contribution in [0, 0.1) is 11.2 Å². The van der Waals surface area contributed by atoms with Crippen LogP contribution >= 0.6 is 11.8 Å². The number of carbonyl (C=O) groups is 1. The molecule has 1 aromatic rings. The lowest BCUT2D eigenvalue weighted by Crippen LogP contribution is -2.55. The van der Waals surface area contributed by atoms with Gasteiger partial charge in [0.2, 0.25) is 0 Å². The summed E-state index contributed by atoms with van der Waals surface area (Å²) < 4.78 is 19.2. The lowest BCUT2D eigenvalue weighted by molar-refractivity contribution is -0.149. The topological polar surface area (TPSA) is 38.3 Å². The molecule has 116 valence electrons. The Labute approximate surface area is 129 Å². The van der Waals surface area contributed by atoms with Crippen molar-refractivity contribution in [2.24, 2.45) is 5.41 Å². The zero-order chi connectivity index (χ0) is 15.5. The van der Waals surface area contributed by atoms with Gasteiger partial charge >= 0.3 is 5.97 Å². The highest BCUT2D eigenvalue weighted by Crippen LogP contribution is 2.41. The van der Waals surface area contributed by atoms with Crippen LogP contribution in [0.1, 0.15) is 27.2 Å². The first kappa shape index (κ1) is 16.1. The molecule has 0 aromatic heterocycles. The van der Waals surface area contributed by atoms with Crippen LogP contribution < -0.4 is 5.32 Å². The second-order valence-corrected chi connectivity index (χ2v) is 7.23. The molecule has 1 aromatic carbocycles.